The zero-order valence-corrected chi connectivity index (χ0v) is 12.2. The number of anilines is 1. The highest BCUT2D eigenvalue weighted by atomic mass is 35.5. The molecule has 0 saturated carbocycles. The van der Waals surface area contributed by atoms with Gasteiger partial charge >= 0.3 is 0 Å². The lowest BCUT2D eigenvalue weighted by Gasteiger charge is -2.17. The molecule has 0 unspecified atom stereocenters. The summed E-state index contributed by atoms with van der Waals surface area (Å²) < 4.78 is 10.2. The first-order chi connectivity index (χ1) is 10.1. The number of ether oxygens (including phenoxy) is 2. The van der Waals surface area contributed by atoms with Gasteiger partial charge in [0.05, 0.1) is 19.8 Å². The first kappa shape index (κ1) is 15.0. The summed E-state index contributed by atoms with van der Waals surface area (Å²) in [4.78, 5) is 12.4. The minimum Gasteiger partial charge on any atom is -0.497 e. The molecule has 21 heavy (non-hydrogen) atoms. The van der Waals surface area contributed by atoms with Gasteiger partial charge in [-0.05, 0) is 30.3 Å². The van der Waals surface area contributed by atoms with Crippen molar-refractivity contribution in [2.45, 2.75) is 0 Å². The smallest absolute Gasteiger partial charge is 0.277 e. The van der Waals surface area contributed by atoms with E-state index in [1.165, 1.54) is 32.4 Å². The summed E-state index contributed by atoms with van der Waals surface area (Å²) in [6, 6.07) is 7.80. The summed E-state index contributed by atoms with van der Waals surface area (Å²) in [7, 11) is 2.96. The van der Waals surface area contributed by atoms with Crippen LogP contribution in [0.2, 0.25) is 5.15 Å². The first-order valence-corrected chi connectivity index (χ1v) is 6.25. The van der Waals surface area contributed by atoms with E-state index in [0.29, 0.717) is 11.5 Å². The van der Waals surface area contributed by atoms with Gasteiger partial charge in [0.25, 0.3) is 5.91 Å². The molecule has 0 aliphatic heterocycles. The van der Waals surface area contributed by atoms with E-state index in [0.717, 1.165) is 5.01 Å². The number of halogens is 1. The van der Waals surface area contributed by atoms with E-state index < -0.39 is 5.91 Å². The monoisotopic (exact) mass is 308 g/mol. The van der Waals surface area contributed by atoms with Crippen LogP contribution in [0, 0.1) is 0 Å². The summed E-state index contributed by atoms with van der Waals surface area (Å²) >= 11 is 5.65. The maximum absolute atomic E-state index is 12.4. The van der Waals surface area contributed by atoms with E-state index in [4.69, 9.17) is 26.9 Å². The second-order valence-electron chi connectivity index (χ2n) is 3.96. The number of benzene rings is 1. The van der Waals surface area contributed by atoms with Crippen LogP contribution in [-0.4, -0.2) is 30.3 Å². The van der Waals surface area contributed by atoms with Gasteiger partial charge in [0.1, 0.15) is 11.5 Å². The number of hydrogen-bond donors (Lipinski definition) is 1. The van der Waals surface area contributed by atoms with Crippen LogP contribution >= 0.6 is 11.6 Å². The van der Waals surface area contributed by atoms with Crippen LogP contribution in [0.15, 0.2) is 30.3 Å². The third kappa shape index (κ3) is 3.21. The van der Waals surface area contributed by atoms with Gasteiger partial charge in [-0.2, -0.15) is 0 Å². The molecule has 0 spiro atoms. The second kappa shape index (κ2) is 6.38. The zero-order chi connectivity index (χ0) is 15.4. The third-order valence-electron chi connectivity index (χ3n) is 2.72. The molecule has 7 nitrogen and oxygen atoms in total. The van der Waals surface area contributed by atoms with Crippen LogP contribution in [0.4, 0.5) is 5.82 Å². The Morgan fingerprint density at radius 2 is 1.95 bits per heavy atom. The molecule has 1 aromatic carbocycles. The van der Waals surface area contributed by atoms with Crippen LogP contribution in [0.3, 0.4) is 0 Å². The average Bonchev–Trinajstić information content (AvgIpc) is 2.53. The Kier molecular flexibility index (Phi) is 4.56. The molecule has 0 aliphatic carbocycles. The Bertz CT molecular complexity index is 648. The molecule has 2 N–H and O–H groups in total. The lowest BCUT2D eigenvalue weighted by Crippen LogP contribution is -2.38. The molecule has 0 bridgehead atoms. The van der Waals surface area contributed by atoms with E-state index in [-0.39, 0.29) is 16.5 Å². The Hall–Kier alpha value is -2.38. The van der Waals surface area contributed by atoms with Crippen molar-refractivity contribution in [3.63, 3.8) is 0 Å². The second-order valence-corrected chi connectivity index (χ2v) is 4.34. The van der Waals surface area contributed by atoms with Gasteiger partial charge in [-0.25, -0.2) is 10.9 Å². The fourth-order valence-corrected chi connectivity index (χ4v) is 1.75. The van der Waals surface area contributed by atoms with E-state index in [1.807, 2.05) is 0 Å². The van der Waals surface area contributed by atoms with E-state index in [9.17, 15) is 4.79 Å². The number of aromatic nitrogens is 2. The van der Waals surface area contributed by atoms with Crippen molar-refractivity contribution in [3.8, 4) is 11.5 Å². The third-order valence-corrected chi connectivity index (χ3v) is 2.92. The molecule has 0 atom stereocenters. The fraction of sp³-hybridized carbons (Fsp3) is 0.154. The number of hydrogen-bond acceptors (Lipinski definition) is 6. The Morgan fingerprint density at radius 3 is 2.52 bits per heavy atom. The maximum Gasteiger partial charge on any atom is 0.277 e. The minimum absolute atomic E-state index is 0.161. The quantitative estimate of drug-likeness (QED) is 0.525. The molecular weight excluding hydrogens is 296 g/mol. The van der Waals surface area contributed by atoms with Gasteiger partial charge in [-0.3, -0.25) is 4.79 Å². The number of rotatable bonds is 4. The highest BCUT2D eigenvalue weighted by Gasteiger charge is 2.20. The van der Waals surface area contributed by atoms with Crippen LogP contribution in [0.1, 0.15) is 10.4 Å². The van der Waals surface area contributed by atoms with Crippen LogP contribution in [-0.2, 0) is 0 Å². The normalized spacial score (nSPS) is 10.1. The van der Waals surface area contributed by atoms with Gasteiger partial charge in [0.15, 0.2) is 11.0 Å². The number of carbonyl (C=O) groups is 1. The SMILES string of the molecule is COc1ccc(OC)c(C(=O)N(N)c2ccc(Cl)nn2)c1. The number of nitrogens with zero attached hydrogens (tertiary/aromatic N) is 3. The molecule has 2 aromatic rings. The Balaban J connectivity index is 2.36. The molecular formula is C13H13ClN4O3. The summed E-state index contributed by atoms with van der Waals surface area (Å²) in [5.74, 6) is 6.31. The predicted molar refractivity (Wildman–Crippen MR) is 77.6 cm³/mol. The van der Waals surface area contributed by atoms with Gasteiger partial charge in [0, 0.05) is 0 Å². The molecule has 0 saturated heterocycles. The highest BCUT2D eigenvalue weighted by Crippen LogP contribution is 2.25. The number of carbonyl (C=O) groups excluding carboxylic acids is 1. The predicted octanol–water partition coefficient (Wildman–Crippen LogP) is 1.67. The minimum atomic E-state index is -0.512. The summed E-state index contributed by atoms with van der Waals surface area (Å²) in [5.41, 5.74) is 0.246. The maximum atomic E-state index is 12.4. The van der Waals surface area contributed by atoms with E-state index >= 15 is 0 Å². The fourth-order valence-electron chi connectivity index (χ4n) is 1.65. The van der Waals surface area contributed by atoms with E-state index in [1.54, 1.807) is 12.1 Å². The molecule has 0 aliphatic rings. The van der Waals surface area contributed by atoms with Crippen molar-refractivity contribution in [2.75, 3.05) is 19.2 Å². The van der Waals surface area contributed by atoms with Crippen LogP contribution < -0.4 is 20.3 Å². The van der Waals surface area contributed by atoms with Gasteiger partial charge < -0.3 is 9.47 Å². The Labute approximate surface area is 126 Å². The van der Waals surface area contributed by atoms with Crippen molar-refractivity contribution in [3.05, 3.63) is 41.0 Å². The molecule has 1 heterocycles. The summed E-state index contributed by atoms with van der Waals surface area (Å²) in [5, 5.41) is 8.46. The largest absolute Gasteiger partial charge is 0.497 e. The molecule has 1 aromatic heterocycles. The molecule has 2 rings (SSSR count). The molecule has 110 valence electrons. The molecule has 1 amide bonds. The van der Waals surface area contributed by atoms with Crippen molar-refractivity contribution >= 4 is 23.3 Å². The van der Waals surface area contributed by atoms with Gasteiger partial charge in [-0.1, -0.05) is 11.6 Å². The van der Waals surface area contributed by atoms with Crippen molar-refractivity contribution in [1.29, 1.82) is 0 Å². The topological polar surface area (TPSA) is 90.6 Å². The number of amides is 1. The van der Waals surface area contributed by atoms with Gasteiger partial charge in [0.2, 0.25) is 0 Å². The number of hydrazine groups is 1. The summed E-state index contributed by atoms with van der Waals surface area (Å²) in [6.07, 6.45) is 0. The van der Waals surface area contributed by atoms with Crippen LogP contribution in [0.25, 0.3) is 0 Å². The summed E-state index contributed by atoms with van der Waals surface area (Å²) in [6.45, 7) is 0. The highest BCUT2D eigenvalue weighted by molar-refractivity contribution is 6.29. The van der Waals surface area contributed by atoms with E-state index in [2.05, 4.69) is 10.2 Å². The molecule has 0 fully saturated rings. The zero-order valence-electron chi connectivity index (χ0n) is 11.4. The number of nitrogens with two attached hydrogens (primary N) is 1. The number of methoxy groups -OCH3 is 2. The molecule has 0 radical (unpaired) electrons. The standard InChI is InChI=1S/C13H13ClN4O3/c1-20-8-3-4-10(21-2)9(7-8)13(19)18(15)12-6-5-11(14)16-17-12/h3-7H,15H2,1-2H3. The van der Waals surface area contributed by atoms with Gasteiger partial charge in [-0.15, -0.1) is 10.2 Å². The van der Waals surface area contributed by atoms with Crippen molar-refractivity contribution in [2.24, 2.45) is 5.84 Å². The average molecular weight is 309 g/mol. The lowest BCUT2D eigenvalue weighted by atomic mass is 10.1. The Morgan fingerprint density at radius 1 is 1.19 bits per heavy atom. The van der Waals surface area contributed by atoms with Crippen molar-refractivity contribution in [1.82, 2.24) is 10.2 Å². The van der Waals surface area contributed by atoms with Crippen LogP contribution in [0.5, 0.6) is 11.5 Å². The first-order valence-electron chi connectivity index (χ1n) is 5.87. The lowest BCUT2D eigenvalue weighted by molar-refractivity contribution is 0.0982. The van der Waals surface area contributed by atoms with Crippen molar-refractivity contribution < 1.29 is 14.3 Å². The molecule has 8 heteroatoms.